The number of fused-ring (bicyclic) bond motifs is 8. The Morgan fingerprint density at radius 3 is 0.921 bits per heavy atom. The van der Waals surface area contributed by atoms with Gasteiger partial charge >= 0.3 is 0 Å². The fourth-order valence-corrected chi connectivity index (χ4v) is 18.3. The highest BCUT2D eigenvalue weighted by Crippen LogP contribution is 2.42. The van der Waals surface area contributed by atoms with Crippen molar-refractivity contribution in [3.05, 3.63) is 349 Å². The van der Waals surface area contributed by atoms with E-state index in [1.807, 2.05) is 127 Å². The van der Waals surface area contributed by atoms with E-state index in [-0.39, 0.29) is 5.54 Å². The van der Waals surface area contributed by atoms with Gasteiger partial charge in [0.05, 0.1) is 57.5 Å². The van der Waals surface area contributed by atoms with Crippen molar-refractivity contribution < 1.29 is 35.9 Å². The fourth-order valence-electron chi connectivity index (χ4n) is 18.3. The molecule has 0 atom stereocenters. The maximum atomic E-state index is 6.33. The lowest BCUT2D eigenvalue weighted by Gasteiger charge is -2.18. The molecule has 0 saturated carbocycles. The van der Waals surface area contributed by atoms with Gasteiger partial charge in [0.1, 0.15) is 39.0 Å². The maximum absolute atomic E-state index is 6.33. The molecule has 22 rings (SSSR count). The summed E-state index contributed by atoms with van der Waals surface area (Å²) >= 11 is 0. The number of oxazole rings is 4. The molecule has 16 heteroatoms. The minimum Gasteiger partial charge on any atom is -0.436 e. The summed E-state index contributed by atoms with van der Waals surface area (Å²) in [5.41, 5.74) is 34.5. The van der Waals surface area contributed by atoms with Crippen molar-refractivity contribution in [3.63, 3.8) is 0 Å². The number of nitrogens with zero attached hydrogens (tertiary/aromatic N) is 12. The van der Waals surface area contributed by atoms with Gasteiger partial charge in [0.25, 0.3) is 23.3 Å². The third-order valence-corrected chi connectivity index (χ3v) is 24.5. The molecule has 0 fully saturated rings. The van der Waals surface area contributed by atoms with E-state index < -0.39 is 0 Å². The van der Waals surface area contributed by atoms with Crippen LogP contribution in [-0.2, 0) is 40.8 Å². The first-order chi connectivity index (χ1) is 61.5. The van der Waals surface area contributed by atoms with Gasteiger partial charge in [-0.15, -0.1) is 0 Å². The fraction of sp³-hybridized carbons (Fsp3) is 0.171. The van der Waals surface area contributed by atoms with Crippen LogP contribution in [0.4, 0.5) is 0 Å². The lowest BCUT2D eigenvalue weighted by molar-refractivity contribution is -0.634. The van der Waals surface area contributed by atoms with E-state index in [0.29, 0.717) is 35.4 Å². The van der Waals surface area contributed by atoms with Crippen molar-refractivity contribution in [2.24, 2.45) is 35.2 Å². The summed E-state index contributed by atoms with van der Waals surface area (Å²) in [6, 6.07) is 109. The van der Waals surface area contributed by atoms with E-state index in [4.69, 9.17) is 32.6 Å². The van der Waals surface area contributed by atoms with Gasteiger partial charge in [-0.05, 0) is 240 Å². The summed E-state index contributed by atoms with van der Waals surface area (Å²) in [7, 11) is 10.6. The number of rotatable bonds is 12. The molecule has 0 unspecified atom stereocenters. The Morgan fingerprint density at radius 1 is 0.291 bits per heavy atom. The standard InChI is InChI=1S/C34H34N3O.C28H22N3O.C26H26N3O.C23H20N3O/c1-21(2)25-15-12-16-26(22(3)4)32(25)37-30-18-11-10-17-29(30)36(6)34(37)27-20-31-28(19-23(27)5)35-33(38-31)24-13-8-7-9-14-24;1-19-17-23-26(32-27(29-23)20-11-5-3-6-12-20)18-22(19)28-30(2)24-15-9-10-16-25(24)31(28)21-13-7-4-8-14-21;1-17-15-20-23(30-24(27-20)18-11-7-6-8-12-18)16-19(17)25-28(5)21-13-9-10-14-22(21)29(25)26(2,3)4;1-15-13-18-21(27-22(24-18)16-9-5-4-6-10-16)14-17(15)23-25(2)19-11-7-8-12-20(19)26(23)3/h7-22H,1-6H3;3-18H,1-2H3;6-16H,1-5H3;4-14H,1-3H3/q4*+1. The molecule has 0 N–H and O–H groups in total. The molecule has 8 aromatic heterocycles. The Morgan fingerprint density at radius 2 is 0.567 bits per heavy atom. The van der Waals surface area contributed by atoms with Crippen LogP contribution in [0.2, 0.25) is 0 Å². The van der Waals surface area contributed by atoms with Gasteiger partial charge in [0.15, 0.2) is 66.5 Å². The average molecular weight is 1670 g/mol. The Kier molecular flexibility index (Phi) is 21.3. The minimum absolute atomic E-state index is 0.0752. The van der Waals surface area contributed by atoms with Gasteiger partial charge < -0.3 is 17.7 Å². The van der Waals surface area contributed by atoms with E-state index >= 15 is 0 Å². The summed E-state index contributed by atoms with van der Waals surface area (Å²) in [6.45, 7) is 24.5. The number of hydrogen-bond donors (Lipinski definition) is 0. The molecule has 0 bridgehead atoms. The van der Waals surface area contributed by atoms with Crippen molar-refractivity contribution in [1.82, 2.24) is 38.2 Å². The molecule has 0 aliphatic carbocycles. The van der Waals surface area contributed by atoms with Crippen LogP contribution in [0.5, 0.6) is 0 Å². The third-order valence-electron chi connectivity index (χ3n) is 24.5. The Balaban J connectivity index is 0.000000111. The first-order valence-corrected chi connectivity index (χ1v) is 43.5. The average Bonchev–Trinajstić information content (AvgIpc) is 1.60. The molecule has 0 aliphatic heterocycles. The highest BCUT2D eigenvalue weighted by atomic mass is 16.4. The van der Waals surface area contributed by atoms with E-state index in [0.717, 1.165) is 123 Å². The molecule has 626 valence electrons. The van der Waals surface area contributed by atoms with E-state index in [1.165, 1.54) is 77.9 Å². The number of aromatic nitrogens is 12. The van der Waals surface area contributed by atoms with Crippen LogP contribution >= 0.6 is 0 Å². The summed E-state index contributed by atoms with van der Waals surface area (Å²) in [6.07, 6.45) is 0. The summed E-state index contributed by atoms with van der Waals surface area (Å²) in [5.74, 6) is 7.93. The zero-order chi connectivity index (χ0) is 87.8. The smallest absolute Gasteiger partial charge is 0.295 e. The highest BCUT2D eigenvalue weighted by molar-refractivity contribution is 5.91. The molecule has 0 amide bonds. The van der Waals surface area contributed by atoms with Crippen LogP contribution in [0, 0.1) is 27.7 Å². The predicted octanol–water partition coefficient (Wildman–Crippen LogP) is 25.5. The second-order valence-electron chi connectivity index (χ2n) is 34.7. The molecule has 14 aromatic carbocycles. The second kappa shape index (κ2) is 33.2. The number of imidazole rings is 4. The quantitative estimate of drug-likeness (QED) is 0.110. The topological polar surface area (TPSA) is 139 Å². The van der Waals surface area contributed by atoms with Crippen molar-refractivity contribution in [3.8, 4) is 103 Å². The van der Waals surface area contributed by atoms with Crippen molar-refractivity contribution in [2.75, 3.05) is 0 Å². The van der Waals surface area contributed by atoms with Crippen LogP contribution in [0.3, 0.4) is 0 Å². The molecule has 16 nitrogen and oxygen atoms in total. The van der Waals surface area contributed by atoms with Gasteiger partial charge in [-0.3, -0.25) is 0 Å². The van der Waals surface area contributed by atoms with E-state index in [9.17, 15) is 0 Å². The monoisotopic (exact) mass is 1670 g/mol. The Labute approximate surface area is 738 Å². The molecule has 22 aromatic rings. The number of benzene rings is 14. The van der Waals surface area contributed by atoms with Crippen LogP contribution in [0.25, 0.3) is 191 Å². The van der Waals surface area contributed by atoms with Gasteiger partial charge in [-0.25, -0.2) is 47.3 Å². The molecule has 0 radical (unpaired) electrons. The normalized spacial score (nSPS) is 11.8. The van der Waals surface area contributed by atoms with Crippen LogP contribution < -0.4 is 18.3 Å². The van der Waals surface area contributed by atoms with Gasteiger partial charge in [-0.1, -0.05) is 185 Å². The molecule has 0 aliphatic rings. The van der Waals surface area contributed by atoms with Gasteiger partial charge in [0.2, 0.25) is 23.6 Å². The van der Waals surface area contributed by atoms with Crippen molar-refractivity contribution in [2.45, 2.75) is 93.5 Å². The van der Waals surface area contributed by atoms with E-state index in [2.05, 4.69) is 341 Å². The van der Waals surface area contributed by atoms with Crippen molar-refractivity contribution >= 4 is 88.5 Å². The third kappa shape index (κ3) is 14.9. The predicted molar refractivity (Wildman–Crippen MR) is 512 cm³/mol. The van der Waals surface area contributed by atoms with Gasteiger partial charge in [-0.2, -0.15) is 9.13 Å². The summed E-state index contributed by atoms with van der Waals surface area (Å²) in [5, 5.41) is 0. The van der Waals surface area contributed by atoms with Crippen LogP contribution in [0.15, 0.2) is 333 Å². The molecular weight excluding hydrogens is 1570 g/mol. The molecule has 0 spiro atoms. The van der Waals surface area contributed by atoms with Crippen molar-refractivity contribution in [1.29, 1.82) is 0 Å². The zero-order valence-electron chi connectivity index (χ0n) is 74.7. The molecular formula is C111H102N12O4+4. The van der Waals surface area contributed by atoms with Crippen LogP contribution in [-0.4, -0.2) is 38.2 Å². The molecule has 0 saturated heterocycles. The first-order valence-electron chi connectivity index (χ1n) is 43.5. The highest BCUT2D eigenvalue weighted by Gasteiger charge is 2.36. The largest absolute Gasteiger partial charge is 0.436 e. The lowest BCUT2D eigenvalue weighted by Crippen LogP contribution is -2.33. The summed E-state index contributed by atoms with van der Waals surface area (Å²) in [4.78, 5) is 19.0. The maximum Gasteiger partial charge on any atom is 0.295 e. The minimum atomic E-state index is -0.0752. The second-order valence-corrected chi connectivity index (χ2v) is 34.7. The number of para-hydroxylation sites is 10. The first kappa shape index (κ1) is 81.5. The number of hydrogen-bond acceptors (Lipinski definition) is 8. The SMILES string of the molecule is Cc1cc2nc(-c3ccccc3)oc2cc1-c1n(-c2c(C(C)C)cccc2C(C)C)c2ccccc2[n+]1C.Cc1cc2nc(-c3ccccc3)oc2cc1-c1n(-c2ccccc2)c2ccccc2[n+]1C.Cc1cc2nc(-c3ccccc3)oc2cc1-c1n(C(C)(C)C)c2ccccc2[n+]1C.Cc1cc2nc(-c3ccccc3)oc2cc1-c1n(C)c2ccccc2[n+]1C. The van der Waals surface area contributed by atoms with Gasteiger partial charge in [0, 0.05) is 33.4 Å². The lowest BCUT2D eigenvalue weighted by atomic mass is 9.92. The Bertz CT molecular complexity index is 7840. The molecule has 127 heavy (non-hydrogen) atoms. The molecule has 8 heterocycles. The summed E-state index contributed by atoms with van der Waals surface area (Å²) < 4.78 is 43.3. The van der Waals surface area contributed by atoms with Crippen LogP contribution in [0.1, 0.15) is 93.7 Å². The Hall–Kier alpha value is -15.2. The van der Waals surface area contributed by atoms with E-state index in [1.54, 1.807) is 0 Å². The number of aryl methyl sites for hydroxylation is 9. The zero-order valence-corrected chi connectivity index (χ0v) is 74.7.